The van der Waals surface area contributed by atoms with Gasteiger partial charge in [-0.05, 0) is 49.5 Å². The normalized spacial score (nSPS) is 16.8. The maximum atomic E-state index is 11.1. The molecule has 1 heterocycles. The Morgan fingerprint density at radius 1 is 1.19 bits per heavy atom. The molecule has 6 nitrogen and oxygen atoms in total. The second kappa shape index (κ2) is 6.58. The summed E-state index contributed by atoms with van der Waals surface area (Å²) in [5, 5.41) is 0. The fourth-order valence-electron chi connectivity index (χ4n) is 2.77. The summed E-state index contributed by atoms with van der Waals surface area (Å²) < 4.78 is 0. The van der Waals surface area contributed by atoms with Crippen LogP contribution in [0.25, 0.3) is 0 Å². The van der Waals surface area contributed by atoms with Gasteiger partial charge in [-0.25, -0.2) is 0 Å². The van der Waals surface area contributed by atoms with Crippen molar-refractivity contribution in [2.75, 3.05) is 18.8 Å². The quantitative estimate of drug-likeness (QED) is 0.683. The molecular formula is C15H22N4O2. The van der Waals surface area contributed by atoms with E-state index < -0.39 is 5.91 Å². The number of likely N-dealkylation sites (tertiary alicyclic amines) is 1. The molecule has 6 N–H and O–H groups in total. The number of amides is 2. The molecular weight excluding hydrogens is 268 g/mol. The smallest absolute Gasteiger partial charge is 0.248 e. The number of hydrogen-bond acceptors (Lipinski definition) is 4. The summed E-state index contributed by atoms with van der Waals surface area (Å²) >= 11 is 0. The van der Waals surface area contributed by atoms with Gasteiger partial charge in [-0.2, -0.15) is 0 Å². The Labute approximate surface area is 124 Å². The van der Waals surface area contributed by atoms with E-state index in [9.17, 15) is 9.59 Å². The van der Waals surface area contributed by atoms with Crippen LogP contribution in [-0.2, 0) is 11.3 Å². The minimum Gasteiger partial charge on any atom is -0.398 e. The average molecular weight is 290 g/mol. The lowest BCUT2D eigenvalue weighted by Gasteiger charge is -2.31. The van der Waals surface area contributed by atoms with Gasteiger partial charge in [0.1, 0.15) is 0 Å². The topological polar surface area (TPSA) is 115 Å². The second-order valence-corrected chi connectivity index (χ2v) is 5.67. The lowest BCUT2D eigenvalue weighted by atomic mass is 9.93. The molecule has 6 heteroatoms. The van der Waals surface area contributed by atoms with Gasteiger partial charge in [0.05, 0.1) is 0 Å². The molecule has 0 aromatic heterocycles. The van der Waals surface area contributed by atoms with Crippen molar-refractivity contribution in [3.05, 3.63) is 29.3 Å². The number of carbonyl (C=O) groups excluding carboxylic acids is 2. The zero-order valence-corrected chi connectivity index (χ0v) is 12.0. The van der Waals surface area contributed by atoms with Crippen molar-refractivity contribution in [2.45, 2.75) is 25.8 Å². The van der Waals surface area contributed by atoms with Crippen molar-refractivity contribution < 1.29 is 9.59 Å². The molecule has 0 radical (unpaired) electrons. The van der Waals surface area contributed by atoms with Crippen LogP contribution >= 0.6 is 0 Å². The van der Waals surface area contributed by atoms with Crippen LogP contribution in [0.4, 0.5) is 5.69 Å². The van der Waals surface area contributed by atoms with Crippen molar-refractivity contribution in [3.8, 4) is 0 Å². The summed E-state index contributed by atoms with van der Waals surface area (Å²) in [4.78, 5) is 24.3. The van der Waals surface area contributed by atoms with E-state index in [-0.39, 0.29) is 5.91 Å². The highest BCUT2D eigenvalue weighted by atomic mass is 16.1. The fraction of sp³-hybridized carbons (Fsp3) is 0.467. The Morgan fingerprint density at radius 3 is 2.38 bits per heavy atom. The number of nitrogens with two attached hydrogens (primary N) is 3. The number of benzene rings is 1. The van der Waals surface area contributed by atoms with Gasteiger partial charge in [-0.1, -0.05) is 6.07 Å². The Kier molecular flexibility index (Phi) is 4.80. The third kappa shape index (κ3) is 4.19. The number of anilines is 1. The molecule has 0 bridgehead atoms. The first kappa shape index (κ1) is 15.3. The summed E-state index contributed by atoms with van der Waals surface area (Å²) in [7, 11) is 0. The molecule has 0 unspecified atom stereocenters. The summed E-state index contributed by atoms with van der Waals surface area (Å²) in [5.74, 6) is -0.298. The summed E-state index contributed by atoms with van der Waals surface area (Å²) in [6, 6.07) is 5.18. The first-order valence-electron chi connectivity index (χ1n) is 7.14. The molecule has 1 aliphatic heterocycles. The van der Waals surface area contributed by atoms with E-state index in [2.05, 4.69) is 4.90 Å². The van der Waals surface area contributed by atoms with E-state index in [4.69, 9.17) is 17.2 Å². The molecule has 1 aromatic carbocycles. The van der Waals surface area contributed by atoms with E-state index in [1.165, 1.54) is 0 Å². The molecule has 1 aromatic rings. The Hall–Kier alpha value is -2.08. The van der Waals surface area contributed by atoms with Crippen LogP contribution in [0.5, 0.6) is 0 Å². The van der Waals surface area contributed by atoms with E-state index in [1.807, 2.05) is 6.07 Å². The predicted molar refractivity (Wildman–Crippen MR) is 81.2 cm³/mol. The number of piperidine rings is 1. The lowest BCUT2D eigenvalue weighted by Crippen LogP contribution is -2.34. The molecule has 1 saturated heterocycles. The van der Waals surface area contributed by atoms with E-state index >= 15 is 0 Å². The Morgan fingerprint density at radius 2 is 1.86 bits per heavy atom. The van der Waals surface area contributed by atoms with Crippen LogP contribution in [-0.4, -0.2) is 29.8 Å². The van der Waals surface area contributed by atoms with Gasteiger partial charge in [0.15, 0.2) is 0 Å². The molecule has 0 aliphatic carbocycles. The zero-order chi connectivity index (χ0) is 15.4. The highest BCUT2D eigenvalue weighted by molar-refractivity contribution is 5.93. The van der Waals surface area contributed by atoms with Crippen LogP contribution in [0.3, 0.4) is 0 Å². The number of primary amides is 2. The van der Waals surface area contributed by atoms with Crippen LogP contribution in [0.1, 0.15) is 35.2 Å². The predicted octanol–water partition coefficient (Wildman–Crippen LogP) is 0.455. The Balaban J connectivity index is 1.91. The van der Waals surface area contributed by atoms with Crippen molar-refractivity contribution in [2.24, 2.45) is 17.4 Å². The van der Waals surface area contributed by atoms with Crippen molar-refractivity contribution in [3.63, 3.8) is 0 Å². The molecule has 2 rings (SSSR count). The van der Waals surface area contributed by atoms with Crippen LogP contribution in [0, 0.1) is 5.92 Å². The van der Waals surface area contributed by atoms with Crippen molar-refractivity contribution in [1.82, 2.24) is 4.90 Å². The highest BCUT2D eigenvalue weighted by Gasteiger charge is 2.21. The minimum atomic E-state index is -0.472. The van der Waals surface area contributed by atoms with Gasteiger partial charge in [-0.15, -0.1) is 0 Å². The molecule has 1 aliphatic rings. The first-order chi connectivity index (χ1) is 9.95. The third-order valence-electron chi connectivity index (χ3n) is 4.02. The molecule has 114 valence electrons. The number of rotatable bonds is 5. The summed E-state index contributed by atoms with van der Waals surface area (Å²) in [5.41, 5.74) is 18.4. The maximum absolute atomic E-state index is 11.1. The number of hydrogen-bond donors (Lipinski definition) is 3. The van der Waals surface area contributed by atoms with E-state index in [1.54, 1.807) is 12.1 Å². The van der Waals surface area contributed by atoms with Crippen LogP contribution in [0.2, 0.25) is 0 Å². The minimum absolute atomic E-state index is 0.222. The van der Waals surface area contributed by atoms with Crippen molar-refractivity contribution >= 4 is 17.5 Å². The lowest BCUT2D eigenvalue weighted by molar-refractivity contribution is -0.119. The molecule has 0 atom stereocenters. The largest absolute Gasteiger partial charge is 0.398 e. The molecule has 21 heavy (non-hydrogen) atoms. The first-order valence-corrected chi connectivity index (χ1v) is 7.14. The number of carbonyl (C=O) groups is 2. The number of nitrogens with zero attached hydrogens (tertiary/aromatic N) is 1. The van der Waals surface area contributed by atoms with Crippen LogP contribution < -0.4 is 17.2 Å². The monoisotopic (exact) mass is 290 g/mol. The zero-order valence-electron chi connectivity index (χ0n) is 12.0. The number of nitrogen functional groups attached to an aromatic ring is 1. The maximum Gasteiger partial charge on any atom is 0.248 e. The Bertz CT molecular complexity index is 536. The van der Waals surface area contributed by atoms with Gasteiger partial charge in [0, 0.05) is 24.2 Å². The summed E-state index contributed by atoms with van der Waals surface area (Å²) in [6.45, 7) is 2.60. The molecule has 2 amide bonds. The van der Waals surface area contributed by atoms with Gasteiger partial charge < -0.3 is 17.2 Å². The fourth-order valence-corrected chi connectivity index (χ4v) is 2.77. The molecule has 0 saturated carbocycles. The average Bonchev–Trinajstić information content (AvgIpc) is 2.42. The van der Waals surface area contributed by atoms with Gasteiger partial charge >= 0.3 is 0 Å². The van der Waals surface area contributed by atoms with Crippen molar-refractivity contribution in [1.29, 1.82) is 0 Å². The third-order valence-corrected chi connectivity index (χ3v) is 4.02. The summed E-state index contributed by atoms with van der Waals surface area (Å²) in [6.07, 6.45) is 2.42. The molecule has 1 fully saturated rings. The van der Waals surface area contributed by atoms with Gasteiger partial charge in [0.25, 0.3) is 0 Å². The standard InChI is InChI=1S/C15H22N4O2/c16-13-8-11(15(18)21)1-2-12(13)9-19-5-3-10(4-6-19)7-14(17)20/h1-2,8,10H,3-7,9,16H2,(H2,17,20)(H2,18,21). The van der Waals surface area contributed by atoms with Gasteiger partial charge in [0.2, 0.25) is 11.8 Å². The second-order valence-electron chi connectivity index (χ2n) is 5.67. The molecule has 0 spiro atoms. The highest BCUT2D eigenvalue weighted by Crippen LogP contribution is 2.23. The SMILES string of the molecule is NC(=O)CC1CCN(Cc2ccc(C(N)=O)cc2N)CC1. The van der Waals surface area contributed by atoms with E-state index in [0.29, 0.717) is 23.6 Å². The van der Waals surface area contributed by atoms with Gasteiger partial charge in [-0.3, -0.25) is 14.5 Å². The van der Waals surface area contributed by atoms with E-state index in [0.717, 1.165) is 38.0 Å². The van der Waals surface area contributed by atoms with Crippen LogP contribution in [0.15, 0.2) is 18.2 Å².